The Balaban J connectivity index is 0.00000121. The van der Waals surface area contributed by atoms with E-state index in [1.165, 1.54) is 32.1 Å². The first-order valence-corrected chi connectivity index (χ1v) is 7.97. The van der Waals surface area contributed by atoms with Gasteiger partial charge in [-0.2, -0.15) is 0 Å². The average molecular weight is 301 g/mol. The lowest BCUT2D eigenvalue weighted by molar-refractivity contribution is -0.123. The Morgan fingerprint density at radius 3 is 2.45 bits per heavy atom. The van der Waals surface area contributed by atoms with Crippen LogP contribution in [0.2, 0.25) is 0 Å². The third-order valence-electron chi connectivity index (χ3n) is 5.50. The zero-order chi connectivity index (χ0) is 12.8. The molecule has 1 amide bonds. The number of nitrogens with one attached hydrogen (secondary N) is 2. The second-order valence-electron chi connectivity index (χ2n) is 6.96. The first-order chi connectivity index (χ1) is 9.26. The number of carbonyl (C=O) groups excluding carboxylic acids is 1. The Kier molecular flexibility index (Phi) is 4.25. The van der Waals surface area contributed by atoms with E-state index in [1.54, 1.807) is 0 Å². The second kappa shape index (κ2) is 5.82. The molecule has 2 N–H and O–H groups in total. The van der Waals surface area contributed by atoms with Crippen LogP contribution in [0.15, 0.2) is 0 Å². The summed E-state index contributed by atoms with van der Waals surface area (Å²) in [6.45, 7) is 0. The summed E-state index contributed by atoms with van der Waals surface area (Å²) in [4.78, 5) is 12.2. The van der Waals surface area contributed by atoms with Gasteiger partial charge < -0.3 is 15.4 Å². The molecule has 0 aromatic carbocycles. The fraction of sp³-hybridized carbons (Fsp3) is 0.933. The van der Waals surface area contributed by atoms with Crippen molar-refractivity contribution >= 4 is 18.3 Å². The van der Waals surface area contributed by atoms with Gasteiger partial charge in [0.1, 0.15) is 0 Å². The van der Waals surface area contributed by atoms with Crippen molar-refractivity contribution in [2.24, 2.45) is 5.92 Å². The molecule has 4 aliphatic rings. The summed E-state index contributed by atoms with van der Waals surface area (Å²) in [5.74, 6) is 0.853. The topological polar surface area (TPSA) is 50.4 Å². The normalized spacial score (nSPS) is 45.2. The number of ether oxygens (including phenoxy) is 1. The van der Waals surface area contributed by atoms with Crippen molar-refractivity contribution < 1.29 is 9.53 Å². The highest BCUT2D eigenvalue weighted by Crippen LogP contribution is 2.35. The maximum absolute atomic E-state index is 12.2. The van der Waals surface area contributed by atoms with Crippen LogP contribution in [0.5, 0.6) is 0 Å². The molecule has 4 rings (SSSR count). The molecule has 5 unspecified atom stereocenters. The maximum atomic E-state index is 12.2. The van der Waals surface area contributed by atoms with E-state index in [0.29, 0.717) is 36.3 Å². The summed E-state index contributed by atoms with van der Waals surface area (Å²) in [7, 11) is 0. The van der Waals surface area contributed by atoms with Crippen molar-refractivity contribution in [3.05, 3.63) is 0 Å². The maximum Gasteiger partial charge on any atom is 0.220 e. The van der Waals surface area contributed by atoms with Crippen LogP contribution >= 0.6 is 12.4 Å². The van der Waals surface area contributed by atoms with Gasteiger partial charge in [-0.1, -0.05) is 0 Å². The van der Waals surface area contributed by atoms with Crippen molar-refractivity contribution in [3.63, 3.8) is 0 Å². The smallest absolute Gasteiger partial charge is 0.220 e. The predicted octanol–water partition coefficient (Wildman–Crippen LogP) is 1.76. The summed E-state index contributed by atoms with van der Waals surface area (Å²) < 4.78 is 5.80. The van der Waals surface area contributed by atoms with Crippen molar-refractivity contribution in [3.8, 4) is 0 Å². The highest BCUT2D eigenvalue weighted by molar-refractivity contribution is 5.85. The Hall–Kier alpha value is -0.320. The number of piperidine rings is 1. The highest BCUT2D eigenvalue weighted by Gasteiger charge is 2.41. The molecule has 4 saturated heterocycles. The van der Waals surface area contributed by atoms with Gasteiger partial charge >= 0.3 is 0 Å². The van der Waals surface area contributed by atoms with Gasteiger partial charge in [0.15, 0.2) is 0 Å². The van der Waals surface area contributed by atoms with Crippen LogP contribution < -0.4 is 10.6 Å². The number of rotatable bonds is 3. The first kappa shape index (κ1) is 14.6. The van der Waals surface area contributed by atoms with Gasteiger partial charge in [-0.3, -0.25) is 4.79 Å². The Bertz CT molecular complexity index is 367. The van der Waals surface area contributed by atoms with Crippen LogP contribution in [0.25, 0.3) is 0 Å². The van der Waals surface area contributed by atoms with Gasteiger partial charge in [-0.15, -0.1) is 12.4 Å². The Labute approximate surface area is 126 Å². The van der Waals surface area contributed by atoms with Gasteiger partial charge in [-0.25, -0.2) is 0 Å². The molecule has 0 aromatic rings. The molecule has 4 bridgehead atoms. The number of fused-ring (bicyclic) bond motifs is 4. The van der Waals surface area contributed by atoms with E-state index < -0.39 is 0 Å². The van der Waals surface area contributed by atoms with Crippen molar-refractivity contribution in [1.82, 2.24) is 10.6 Å². The van der Waals surface area contributed by atoms with Gasteiger partial charge in [0, 0.05) is 18.5 Å². The molecule has 114 valence electrons. The fourth-order valence-corrected chi connectivity index (χ4v) is 4.66. The van der Waals surface area contributed by atoms with Crippen molar-refractivity contribution in [2.45, 2.75) is 81.7 Å². The molecule has 5 atom stereocenters. The lowest BCUT2D eigenvalue weighted by atomic mass is 9.89. The van der Waals surface area contributed by atoms with E-state index in [-0.39, 0.29) is 18.3 Å². The van der Waals surface area contributed by atoms with Crippen LogP contribution in [0.1, 0.15) is 51.4 Å². The van der Waals surface area contributed by atoms with E-state index in [2.05, 4.69) is 10.6 Å². The molecule has 0 spiro atoms. The summed E-state index contributed by atoms with van der Waals surface area (Å²) in [5.41, 5.74) is 0. The van der Waals surface area contributed by atoms with Crippen LogP contribution in [0.3, 0.4) is 0 Å². The molecule has 4 fully saturated rings. The first-order valence-electron chi connectivity index (χ1n) is 7.97. The van der Waals surface area contributed by atoms with Gasteiger partial charge in [0.2, 0.25) is 5.91 Å². The predicted molar refractivity (Wildman–Crippen MR) is 79.0 cm³/mol. The number of hydrogen-bond donors (Lipinski definition) is 2. The second-order valence-corrected chi connectivity index (χ2v) is 6.96. The molecule has 20 heavy (non-hydrogen) atoms. The van der Waals surface area contributed by atoms with E-state index in [1.807, 2.05) is 0 Å². The molecule has 4 nitrogen and oxygen atoms in total. The molecule has 4 heterocycles. The molecule has 0 radical (unpaired) electrons. The lowest BCUT2D eigenvalue weighted by Gasteiger charge is -2.29. The largest absolute Gasteiger partial charge is 0.373 e. The Morgan fingerprint density at radius 1 is 1.10 bits per heavy atom. The monoisotopic (exact) mass is 300 g/mol. The summed E-state index contributed by atoms with van der Waals surface area (Å²) in [5, 5.41) is 6.86. The fourth-order valence-electron chi connectivity index (χ4n) is 4.66. The van der Waals surface area contributed by atoms with Crippen LogP contribution in [0.4, 0.5) is 0 Å². The van der Waals surface area contributed by atoms with Crippen LogP contribution in [-0.4, -0.2) is 36.2 Å². The third kappa shape index (κ3) is 2.83. The summed E-state index contributed by atoms with van der Waals surface area (Å²) in [6, 6.07) is 1.66. The minimum absolute atomic E-state index is 0. The van der Waals surface area contributed by atoms with E-state index in [0.717, 1.165) is 19.3 Å². The van der Waals surface area contributed by atoms with E-state index in [4.69, 9.17) is 4.74 Å². The van der Waals surface area contributed by atoms with Gasteiger partial charge in [0.05, 0.1) is 18.2 Å². The molecule has 0 aliphatic carbocycles. The average Bonchev–Trinajstić information content (AvgIpc) is 3.05. The van der Waals surface area contributed by atoms with Crippen molar-refractivity contribution in [2.75, 3.05) is 0 Å². The number of carbonyl (C=O) groups is 1. The summed E-state index contributed by atoms with van der Waals surface area (Å²) in [6.07, 6.45) is 9.81. The molecule has 5 heteroatoms. The number of amides is 1. The van der Waals surface area contributed by atoms with Crippen LogP contribution in [0, 0.1) is 5.92 Å². The zero-order valence-corrected chi connectivity index (χ0v) is 12.7. The third-order valence-corrected chi connectivity index (χ3v) is 5.50. The van der Waals surface area contributed by atoms with E-state index >= 15 is 0 Å². The standard InChI is InChI=1S/C15H24N2O2.ClH/c18-15(17-13-8-12-3-4-14(13)19-12)7-9-5-10-1-2-11(6-9)16-10;/h9-14,16H,1-8H2,(H,17,18);1H. The van der Waals surface area contributed by atoms with Gasteiger partial charge in [-0.05, 0) is 50.9 Å². The van der Waals surface area contributed by atoms with Gasteiger partial charge in [0.25, 0.3) is 0 Å². The lowest BCUT2D eigenvalue weighted by Crippen LogP contribution is -2.44. The molecule has 0 saturated carbocycles. The van der Waals surface area contributed by atoms with Crippen molar-refractivity contribution in [1.29, 1.82) is 0 Å². The molecular weight excluding hydrogens is 276 g/mol. The minimum Gasteiger partial charge on any atom is -0.373 e. The SMILES string of the molecule is Cl.O=C(CC1CC2CCC(C1)N2)NC1CC2CCC1O2. The number of hydrogen-bond acceptors (Lipinski definition) is 3. The zero-order valence-electron chi connectivity index (χ0n) is 11.8. The minimum atomic E-state index is 0. The van der Waals surface area contributed by atoms with E-state index in [9.17, 15) is 4.79 Å². The molecular formula is C15H25ClN2O2. The quantitative estimate of drug-likeness (QED) is 0.835. The molecule has 0 aromatic heterocycles. The molecule has 4 aliphatic heterocycles. The van der Waals surface area contributed by atoms with Crippen LogP contribution in [-0.2, 0) is 9.53 Å². The Morgan fingerprint density at radius 2 is 1.85 bits per heavy atom. The highest BCUT2D eigenvalue weighted by atomic mass is 35.5. The summed E-state index contributed by atoms with van der Waals surface area (Å²) >= 11 is 0. The number of halogens is 1.